The first-order valence-electron chi connectivity index (χ1n) is 14.8. The second-order valence-corrected chi connectivity index (χ2v) is 16.1. The van der Waals surface area contributed by atoms with Gasteiger partial charge in [-0.15, -0.1) is 0 Å². The Labute approximate surface area is 346 Å². The van der Waals surface area contributed by atoms with E-state index < -0.39 is 11.8 Å². The van der Waals surface area contributed by atoms with Gasteiger partial charge in [0.1, 0.15) is 11.4 Å². The maximum absolute atomic E-state index is 13.0. The molecule has 0 aliphatic carbocycles. The summed E-state index contributed by atoms with van der Waals surface area (Å²) in [5.74, 6) is -0.872. The zero-order valence-electron chi connectivity index (χ0n) is 26.2. The second kappa shape index (κ2) is 17.6. The third-order valence-corrected chi connectivity index (χ3v) is 10.9. The van der Waals surface area contributed by atoms with Crippen LogP contribution in [0.1, 0.15) is 22.3 Å². The number of carbonyl (C=O) groups excluding carboxylic acids is 2. The van der Waals surface area contributed by atoms with Crippen LogP contribution < -0.4 is 20.1 Å². The fourth-order valence-electron chi connectivity index (χ4n) is 4.89. The molecule has 4 aliphatic rings. The molecule has 4 aromatic carbocycles. The molecule has 52 heavy (non-hydrogen) atoms. The van der Waals surface area contributed by atoms with Crippen LogP contribution in [0.4, 0.5) is 0 Å². The average Bonchev–Trinajstić information content (AvgIpc) is 3.09. The Morgan fingerprint density at radius 2 is 1.06 bits per heavy atom. The average molecular weight is 1100 g/mol. The number of nitrogens with zero attached hydrogens (tertiary/aromatic N) is 2. The molecule has 0 saturated carbocycles. The third kappa shape index (κ3) is 9.57. The topological polar surface area (TPSA) is 182 Å². The minimum absolute atomic E-state index is 0.0320. The molecule has 4 heterocycles. The van der Waals surface area contributed by atoms with Gasteiger partial charge in [-0.25, -0.2) is 0 Å². The van der Waals surface area contributed by atoms with E-state index in [1.54, 1.807) is 48.5 Å². The van der Waals surface area contributed by atoms with Crippen LogP contribution in [0.3, 0.4) is 0 Å². The van der Waals surface area contributed by atoms with E-state index in [0.29, 0.717) is 51.2 Å². The molecule has 0 fully saturated rings. The number of aromatic hydroxyl groups is 2. The highest BCUT2D eigenvalue weighted by atomic mass is 79.9. The van der Waals surface area contributed by atoms with Gasteiger partial charge in [-0.05, 0) is 179 Å². The fourth-order valence-corrected chi connectivity index (χ4v) is 8.72. The molecule has 0 aromatic heterocycles. The summed E-state index contributed by atoms with van der Waals surface area (Å²) in [6, 6.07) is 13.2. The molecule has 0 saturated heterocycles. The third-order valence-electron chi connectivity index (χ3n) is 7.38. The molecule has 18 heteroatoms. The Morgan fingerprint density at radius 3 is 1.62 bits per heavy atom. The first-order chi connectivity index (χ1) is 24.8. The number of phenolic OH excluding ortho intramolecular Hbond substituents is 2. The van der Waals surface area contributed by atoms with Crippen molar-refractivity contribution in [1.82, 2.24) is 10.6 Å². The first kappa shape index (κ1) is 39.8. The molecule has 6 N–H and O–H groups in total. The van der Waals surface area contributed by atoms with Crippen LogP contribution >= 0.6 is 95.6 Å². The number of hydrogen-bond acceptors (Lipinski definition) is 10. The van der Waals surface area contributed by atoms with Crippen LogP contribution in [0.2, 0.25) is 0 Å². The van der Waals surface area contributed by atoms with Crippen LogP contribution in [0.15, 0.2) is 91.9 Å². The molecular weight excluding hydrogens is 1070 g/mol. The number of rotatable bonds is 0. The lowest BCUT2D eigenvalue weighted by atomic mass is 10.1. The fraction of sp³-hybridized carbons (Fsp3) is 0.118. The largest absolute Gasteiger partial charge is 0.503 e. The summed E-state index contributed by atoms with van der Waals surface area (Å²) in [5.41, 5.74) is 2.04. The molecule has 2 amide bonds. The van der Waals surface area contributed by atoms with Crippen molar-refractivity contribution in [2.45, 2.75) is 19.3 Å². The van der Waals surface area contributed by atoms with Gasteiger partial charge in [0.15, 0.2) is 34.5 Å². The zero-order valence-corrected chi connectivity index (χ0v) is 35.7. The van der Waals surface area contributed by atoms with E-state index in [2.05, 4.69) is 117 Å². The normalized spacial score (nSPS) is 16.4. The molecule has 270 valence electrons. The van der Waals surface area contributed by atoms with Crippen molar-refractivity contribution in [2.75, 3.05) is 6.54 Å². The highest BCUT2D eigenvalue weighted by Crippen LogP contribution is 2.45. The standard InChI is InChI=1S/C34H24Br6N4O8/c35-19-5-16-2-4-42-33(47)25(43-49)11-17-9-23(39)32(24(40)10-17)52-28-14-18(8-20(36)30(28)46)12-26(44-50)34(48)41-3-1-15-6-21(37)31(22(38)7-15)51-27(13-16)29(19)45/h2,4-10,13-14,45-46,49-50H,1,3,11-12H2,(H,41,48)(H,42,47)/b4-2+,43-25+,44-26+. The van der Waals surface area contributed by atoms with E-state index in [1.165, 1.54) is 12.3 Å². The highest BCUT2D eigenvalue weighted by molar-refractivity contribution is 9.11. The van der Waals surface area contributed by atoms with Gasteiger partial charge in [-0.3, -0.25) is 9.59 Å². The van der Waals surface area contributed by atoms with E-state index in [0.717, 1.165) is 5.56 Å². The minimum Gasteiger partial charge on any atom is -0.503 e. The second-order valence-electron chi connectivity index (χ2n) is 11.0. The van der Waals surface area contributed by atoms with E-state index in [1.807, 2.05) is 0 Å². The van der Waals surface area contributed by atoms with Gasteiger partial charge in [0.05, 0.1) is 26.8 Å². The maximum Gasteiger partial charge on any atom is 0.273 e. The number of ether oxygens (including phenoxy) is 2. The van der Waals surface area contributed by atoms with E-state index >= 15 is 0 Å². The van der Waals surface area contributed by atoms with Gasteiger partial charge in [0.25, 0.3) is 11.8 Å². The SMILES string of the molecule is O=C1N/C=C/c2cc(Br)c(O)c(c2)Oc2c(Br)cc(cc2Br)CCNC(=O)/C(=N/O)Cc2cc(Br)c(O)c(c2)Oc2c(Br)cc(cc2Br)C/C1=N\O. The van der Waals surface area contributed by atoms with Gasteiger partial charge >= 0.3 is 0 Å². The molecular formula is C34H24Br6N4O8. The molecule has 12 nitrogen and oxygen atoms in total. The van der Waals surface area contributed by atoms with Crippen LogP contribution in [-0.2, 0) is 28.9 Å². The molecule has 0 atom stereocenters. The predicted molar refractivity (Wildman–Crippen MR) is 215 cm³/mol. The molecule has 0 spiro atoms. The number of hydrogen-bond donors (Lipinski definition) is 6. The van der Waals surface area contributed by atoms with Gasteiger partial charge in [-0.2, -0.15) is 0 Å². The first-order valence-corrected chi connectivity index (χ1v) is 19.6. The Hall–Kier alpha value is -3.42. The lowest BCUT2D eigenvalue weighted by molar-refractivity contribution is -0.115. The predicted octanol–water partition coefficient (Wildman–Crippen LogP) is 9.46. The van der Waals surface area contributed by atoms with E-state index in [4.69, 9.17) is 9.47 Å². The van der Waals surface area contributed by atoms with Crippen molar-refractivity contribution in [3.8, 4) is 34.5 Å². The number of amides is 2. The Morgan fingerprint density at radius 1 is 0.596 bits per heavy atom. The Bertz CT molecular complexity index is 2130. The Balaban J connectivity index is 1.52. The molecule has 4 aliphatic heterocycles. The number of oxime groups is 2. The summed E-state index contributed by atoms with van der Waals surface area (Å²) in [6.07, 6.45) is 3.15. The van der Waals surface area contributed by atoms with Crippen molar-refractivity contribution in [2.24, 2.45) is 10.3 Å². The van der Waals surface area contributed by atoms with E-state index in [-0.39, 0.29) is 64.0 Å². The van der Waals surface area contributed by atoms with Crippen molar-refractivity contribution >= 4 is 125 Å². The molecule has 4 aromatic rings. The summed E-state index contributed by atoms with van der Waals surface area (Å²) < 4.78 is 14.7. The number of nitrogens with one attached hydrogen (secondary N) is 2. The van der Waals surface area contributed by atoms with E-state index in [9.17, 15) is 30.2 Å². The number of benzene rings is 4. The summed E-state index contributed by atoms with van der Waals surface area (Å²) >= 11 is 20.6. The van der Waals surface area contributed by atoms with Crippen LogP contribution in [0, 0.1) is 0 Å². The van der Waals surface area contributed by atoms with Crippen LogP contribution in [-0.4, -0.2) is 50.4 Å². The summed E-state index contributed by atoms with van der Waals surface area (Å²) in [5, 5.41) is 52.8. The van der Waals surface area contributed by atoms with Crippen LogP contribution in [0.5, 0.6) is 34.5 Å². The number of carbonyl (C=O) groups is 2. The van der Waals surface area contributed by atoms with Gasteiger partial charge < -0.3 is 40.7 Å². The quantitative estimate of drug-likeness (QED) is 0.0744. The molecule has 0 unspecified atom stereocenters. The lowest BCUT2D eigenvalue weighted by Crippen LogP contribution is -2.33. The minimum atomic E-state index is -0.673. The van der Waals surface area contributed by atoms with Gasteiger partial charge in [-0.1, -0.05) is 10.3 Å². The van der Waals surface area contributed by atoms with Gasteiger partial charge in [0.2, 0.25) is 0 Å². The van der Waals surface area contributed by atoms with Crippen LogP contribution in [0.25, 0.3) is 6.08 Å². The number of halogens is 6. The molecule has 8 bridgehead atoms. The van der Waals surface area contributed by atoms with Crippen molar-refractivity contribution < 1.29 is 39.7 Å². The smallest absolute Gasteiger partial charge is 0.273 e. The lowest BCUT2D eigenvalue weighted by Gasteiger charge is -2.16. The monoisotopic (exact) mass is 1090 g/mol. The van der Waals surface area contributed by atoms with Crippen molar-refractivity contribution in [3.05, 3.63) is 104 Å². The molecule has 8 rings (SSSR count). The maximum atomic E-state index is 13.0. The van der Waals surface area contributed by atoms with Crippen molar-refractivity contribution in [3.63, 3.8) is 0 Å². The van der Waals surface area contributed by atoms with Gasteiger partial charge in [0, 0.05) is 25.6 Å². The van der Waals surface area contributed by atoms with Crippen molar-refractivity contribution in [1.29, 1.82) is 0 Å². The summed E-state index contributed by atoms with van der Waals surface area (Å²) in [7, 11) is 0. The summed E-state index contributed by atoms with van der Waals surface area (Å²) in [6.45, 7) is 0.201. The molecule has 0 radical (unpaired) electrons. The summed E-state index contributed by atoms with van der Waals surface area (Å²) in [4.78, 5) is 26.0. The Kier molecular flexibility index (Phi) is 13.5. The number of phenols is 2. The highest BCUT2D eigenvalue weighted by Gasteiger charge is 2.21. The zero-order chi connectivity index (χ0) is 37.7.